The second-order valence-electron chi connectivity index (χ2n) is 5.13. The fraction of sp³-hybridized carbons (Fsp3) is 0.786. The zero-order valence-electron chi connectivity index (χ0n) is 11.6. The summed E-state index contributed by atoms with van der Waals surface area (Å²) < 4.78 is 0. The van der Waals surface area contributed by atoms with Crippen LogP contribution >= 0.6 is 11.3 Å². The van der Waals surface area contributed by atoms with Gasteiger partial charge in [-0.3, -0.25) is 0 Å². The third-order valence-corrected chi connectivity index (χ3v) is 4.58. The van der Waals surface area contributed by atoms with Crippen LogP contribution in [0.5, 0.6) is 0 Å². The molecule has 0 saturated heterocycles. The van der Waals surface area contributed by atoms with Gasteiger partial charge in [-0.2, -0.15) is 0 Å². The number of nitrogens with one attached hydrogen (secondary N) is 1. The van der Waals surface area contributed by atoms with Crippen molar-refractivity contribution < 1.29 is 0 Å². The molecule has 0 amide bonds. The van der Waals surface area contributed by atoms with Gasteiger partial charge in [0.2, 0.25) is 0 Å². The van der Waals surface area contributed by atoms with Crippen molar-refractivity contribution in [1.82, 2.24) is 10.3 Å². The molecule has 1 aliphatic rings. The summed E-state index contributed by atoms with van der Waals surface area (Å²) in [5.74, 6) is 0.913. The molecule has 102 valence electrons. The molecule has 1 aromatic heterocycles. The highest BCUT2D eigenvalue weighted by Gasteiger charge is 2.21. The third-order valence-electron chi connectivity index (χ3n) is 3.63. The molecular formula is C14H25N3S. The van der Waals surface area contributed by atoms with Gasteiger partial charge in [0, 0.05) is 25.0 Å². The van der Waals surface area contributed by atoms with Crippen LogP contribution < -0.4 is 10.2 Å². The minimum Gasteiger partial charge on any atom is -0.348 e. The van der Waals surface area contributed by atoms with Crippen molar-refractivity contribution in [2.75, 3.05) is 24.5 Å². The van der Waals surface area contributed by atoms with Gasteiger partial charge in [0.25, 0.3) is 0 Å². The van der Waals surface area contributed by atoms with Crippen LogP contribution in [-0.4, -0.2) is 24.6 Å². The first kappa shape index (κ1) is 13.8. The van der Waals surface area contributed by atoms with Crippen molar-refractivity contribution in [3.8, 4) is 0 Å². The highest BCUT2D eigenvalue weighted by molar-refractivity contribution is 7.13. The Balaban J connectivity index is 1.85. The number of hydrogen-bond donors (Lipinski definition) is 1. The summed E-state index contributed by atoms with van der Waals surface area (Å²) in [6.45, 7) is 8.68. The highest BCUT2D eigenvalue weighted by Crippen LogP contribution is 2.30. The second-order valence-corrected chi connectivity index (χ2v) is 5.97. The first-order chi connectivity index (χ1) is 8.83. The minimum atomic E-state index is 0.908. The van der Waals surface area contributed by atoms with E-state index in [1.54, 1.807) is 11.3 Å². The Morgan fingerprint density at radius 1 is 1.44 bits per heavy atom. The molecule has 1 fully saturated rings. The van der Waals surface area contributed by atoms with Crippen LogP contribution in [0.3, 0.4) is 0 Å². The van der Waals surface area contributed by atoms with Crippen LogP contribution in [0.25, 0.3) is 0 Å². The lowest BCUT2D eigenvalue weighted by molar-refractivity contribution is 0.318. The SMILES string of the molecule is CCCNCc1csc(N(CC)CC2CCC2)n1. The third kappa shape index (κ3) is 3.69. The number of hydrogen-bond acceptors (Lipinski definition) is 4. The second kappa shape index (κ2) is 7.10. The predicted molar refractivity (Wildman–Crippen MR) is 79.3 cm³/mol. The molecule has 0 spiro atoms. The summed E-state index contributed by atoms with van der Waals surface area (Å²) in [6.07, 6.45) is 5.42. The van der Waals surface area contributed by atoms with E-state index in [1.165, 1.54) is 43.1 Å². The zero-order valence-corrected chi connectivity index (χ0v) is 12.4. The monoisotopic (exact) mass is 267 g/mol. The molecule has 0 atom stereocenters. The molecule has 0 bridgehead atoms. The Labute approximate surface area is 115 Å². The van der Waals surface area contributed by atoms with E-state index in [4.69, 9.17) is 4.98 Å². The number of aromatic nitrogens is 1. The first-order valence-electron chi connectivity index (χ1n) is 7.23. The van der Waals surface area contributed by atoms with E-state index in [-0.39, 0.29) is 0 Å². The van der Waals surface area contributed by atoms with Crippen molar-refractivity contribution in [1.29, 1.82) is 0 Å². The summed E-state index contributed by atoms with van der Waals surface area (Å²) in [7, 11) is 0. The zero-order chi connectivity index (χ0) is 12.8. The maximum Gasteiger partial charge on any atom is 0.185 e. The molecule has 1 heterocycles. The fourth-order valence-electron chi connectivity index (χ4n) is 2.25. The van der Waals surface area contributed by atoms with Gasteiger partial charge in [-0.25, -0.2) is 4.98 Å². The molecular weight excluding hydrogens is 242 g/mol. The van der Waals surface area contributed by atoms with E-state index in [9.17, 15) is 0 Å². The molecule has 1 N–H and O–H groups in total. The number of nitrogens with zero attached hydrogens (tertiary/aromatic N) is 2. The van der Waals surface area contributed by atoms with Crippen LogP contribution in [0.4, 0.5) is 5.13 Å². The van der Waals surface area contributed by atoms with Crippen molar-refractivity contribution in [3.63, 3.8) is 0 Å². The molecule has 0 aliphatic heterocycles. The quantitative estimate of drug-likeness (QED) is 0.733. The van der Waals surface area contributed by atoms with Crippen LogP contribution in [0.2, 0.25) is 0 Å². The Kier molecular flexibility index (Phi) is 5.45. The van der Waals surface area contributed by atoms with E-state index < -0.39 is 0 Å². The highest BCUT2D eigenvalue weighted by atomic mass is 32.1. The summed E-state index contributed by atoms with van der Waals surface area (Å²) in [5.41, 5.74) is 1.19. The maximum absolute atomic E-state index is 4.75. The maximum atomic E-state index is 4.75. The summed E-state index contributed by atoms with van der Waals surface area (Å²) >= 11 is 1.79. The summed E-state index contributed by atoms with van der Waals surface area (Å²) in [4.78, 5) is 7.19. The van der Waals surface area contributed by atoms with Crippen molar-refractivity contribution in [3.05, 3.63) is 11.1 Å². The average Bonchev–Trinajstić information content (AvgIpc) is 2.77. The van der Waals surface area contributed by atoms with Gasteiger partial charge in [0.15, 0.2) is 5.13 Å². The van der Waals surface area contributed by atoms with Gasteiger partial charge in [0.1, 0.15) is 0 Å². The molecule has 0 unspecified atom stereocenters. The van der Waals surface area contributed by atoms with Crippen LogP contribution in [0, 0.1) is 5.92 Å². The van der Waals surface area contributed by atoms with Crippen LogP contribution in [-0.2, 0) is 6.54 Å². The standard InChI is InChI=1S/C14H25N3S/c1-3-8-15-9-13-11-18-14(16-13)17(4-2)10-12-6-5-7-12/h11-12,15H,3-10H2,1-2H3. The Bertz CT molecular complexity index is 347. The molecule has 1 aliphatic carbocycles. The lowest BCUT2D eigenvalue weighted by atomic mass is 9.85. The molecule has 4 heteroatoms. The lowest BCUT2D eigenvalue weighted by Crippen LogP contribution is -2.32. The molecule has 1 saturated carbocycles. The van der Waals surface area contributed by atoms with E-state index in [2.05, 4.69) is 29.4 Å². The molecule has 18 heavy (non-hydrogen) atoms. The molecule has 3 nitrogen and oxygen atoms in total. The fourth-order valence-corrected chi connectivity index (χ4v) is 3.15. The average molecular weight is 267 g/mol. The smallest absolute Gasteiger partial charge is 0.185 e. The van der Waals surface area contributed by atoms with Gasteiger partial charge in [-0.05, 0) is 38.6 Å². The Hall–Kier alpha value is -0.610. The van der Waals surface area contributed by atoms with Gasteiger partial charge < -0.3 is 10.2 Å². The first-order valence-corrected chi connectivity index (χ1v) is 8.11. The van der Waals surface area contributed by atoms with Crippen LogP contribution in [0.15, 0.2) is 5.38 Å². The molecule has 2 rings (SSSR count). The summed E-state index contributed by atoms with van der Waals surface area (Å²) in [5, 5.41) is 6.81. The largest absolute Gasteiger partial charge is 0.348 e. The Morgan fingerprint density at radius 3 is 2.89 bits per heavy atom. The van der Waals surface area contributed by atoms with E-state index in [0.29, 0.717) is 0 Å². The van der Waals surface area contributed by atoms with Gasteiger partial charge >= 0.3 is 0 Å². The summed E-state index contributed by atoms with van der Waals surface area (Å²) in [6, 6.07) is 0. The van der Waals surface area contributed by atoms with E-state index in [1.807, 2.05) is 0 Å². The number of anilines is 1. The number of rotatable bonds is 8. The van der Waals surface area contributed by atoms with Gasteiger partial charge in [0.05, 0.1) is 5.69 Å². The lowest BCUT2D eigenvalue weighted by Gasteiger charge is -2.31. The van der Waals surface area contributed by atoms with E-state index >= 15 is 0 Å². The topological polar surface area (TPSA) is 28.2 Å². The predicted octanol–water partition coefficient (Wildman–Crippen LogP) is 3.27. The van der Waals surface area contributed by atoms with Gasteiger partial charge in [-0.1, -0.05) is 13.3 Å². The molecule has 0 radical (unpaired) electrons. The van der Waals surface area contributed by atoms with E-state index in [0.717, 1.165) is 25.6 Å². The van der Waals surface area contributed by atoms with Gasteiger partial charge in [-0.15, -0.1) is 11.3 Å². The number of thiazole rings is 1. The van der Waals surface area contributed by atoms with Crippen molar-refractivity contribution in [2.45, 2.75) is 46.1 Å². The van der Waals surface area contributed by atoms with Crippen LogP contribution in [0.1, 0.15) is 45.2 Å². The molecule has 0 aromatic carbocycles. The Morgan fingerprint density at radius 2 is 2.28 bits per heavy atom. The normalized spacial score (nSPS) is 15.7. The minimum absolute atomic E-state index is 0.908. The van der Waals surface area contributed by atoms with Crippen molar-refractivity contribution >= 4 is 16.5 Å². The molecule has 1 aromatic rings. The van der Waals surface area contributed by atoms with Crippen molar-refractivity contribution in [2.24, 2.45) is 5.92 Å².